The van der Waals surface area contributed by atoms with Crippen LogP contribution in [0.15, 0.2) is 71.4 Å². The first kappa shape index (κ1) is 17.2. The average molecular weight is 335 g/mol. The van der Waals surface area contributed by atoms with Crippen LogP contribution in [0.3, 0.4) is 0 Å². The number of benzene rings is 1. The SMILES string of the molecule is CC1=CC2=C(C=CC=CC2c2ccc(C(C)(C)C)cc2)C1[SiH](C)C. The van der Waals surface area contributed by atoms with Crippen molar-refractivity contribution in [1.82, 2.24) is 0 Å². The molecule has 1 aromatic carbocycles. The van der Waals surface area contributed by atoms with E-state index in [2.05, 4.69) is 95.4 Å². The van der Waals surface area contributed by atoms with Gasteiger partial charge in [-0.25, -0.2) is 0 Å². The molecule has 2 atom stereocenters. The highest BCUT2D eigenvalue weighted by atomic mass is 28.3. The van der Waals surface area contributed by atoms with Gasteiger partial charge in [-0.05, 0) is 40.2 Å². The second-order valence-corrected chi connectivity index (χ2v) is 11.8. The normalized spacial score (nSPS) is 23.5. The summed E-state index contributed by atoms with van der Waals surface area (Å²) in [5.41, 5.74) is 8.39. The van der Waals surface area contributed by atoms with E-state index in [1.807, 2.05) is 0 Å². The molecule has 2 aliphatic rings. The summed E-state index contributed by atoms with van der Waals surface area (Å²) in [5.74, 6) is 0.386. The predicted octanol–water partition coefficient (Wildman–Crippen LogP) is 6.31. The van der Waals surface area contributed by atoms with Crippen molar-refractivity contribution in [2.24, 2.45) is 0 Å². The van der Waals surface area contributed by atoms with E-state index in [4.69, 9.17) is 0 Å². The van der Waals surface area contributed by atoms with Crippen molar-refractivity contribution >= 4 is 8.80 Å². The summed E-state index contributed by atoms with van der Waals surface area (Å²) in [4.78, 5) is 0. The van der Waals surface area contributed by atoms with Gasteiger partial charge in [0.25, 0.3) is 0 Å². The van der Waals surface area contributed by atoms with Crippen molar-refractivity contribution in [3.63, 3.8) is 0 Å². The van der Waals surface area contributed by atoms with Crippen LogP contribution in [0.4, 0.5) is 0 Å². The molecule has 0 bridgehead atoms. The summed E-state index contributed by atoms with van der Waals surface area (Å²) >= 11 is 0. The van der Waals surface area contributed by atoms with E-state index in [1.165, 1.54) is 16.7 Å². The van der Waals surface area contributed by atoms with Crippen LogP contribution in [0.5, 0.6) is 0 Å². The molecule has 1 heteroatoms. The third-order valence-electron chi connectivity index (χ3n) is 5.37. The van der Waals surface area contributed by atoms with E-state index >= 15 is 0 Å². The minimum Gasteiger partial charge on any atom is -0.0726 e. The Balaban J connectivity index is 2.02. The second kappa shape index (κ2) is 6.37. The summed E-state index contributed by atoms with van der Waals surface area (Å²) in [6.45, 7) is 14.1. The molecule has 0 spiro atoms. The average Bonchev–Trinajstić information content (AvgIpc) is 2.70. The molecule has 2 aliphatic carbocycles. The topological polar surface area (TPSA) is 0 Å². The highest BCUT2D eigenvalue weighted by molar-refractivity contribution is 6.59. The van der Waals surface area contributed by atoms with Gasteiger partial charge >= 0.3 is 0 Å². The fourth-order valence-corrected chi connectivity index (χ4v) is 6.29. The molecule has 0 fully saturated rings. The first-order valence-corrected chi connectivity index (χ1v) is 12.1. The Bertz CT molecular complexity index is 733. The van der Waals surface area contributed by atoms with Gasteiger partial charge in [0.15, 0.2) is 0 Å². The maximum Gasteiger partial charge on any atom is 0.0439 e. The van der Waals surface area contributed by atoms with Crippen molar-refractivity contribution in [2.75, 3.05) is 0 Å². The maximum atomic E-state index is 2.47. The number of hydrogen-bond acceptors (Lipinski definition) is 0. The summed E-state index contributed by atoms with van der Waals surface area (Å²) in [6, 6.07) is 9.27. The Morgan fingerprint density at radius 2 is 1.58 bits per heavy atom. The van der Waals surface area contributed by atoms with Crippen LogP contribution in [-0.2, 0) is 5.41 Å². The van der Waals surface area contributed by atoms with Crippen LogP contribution in [0, 0.1) is 0 Å². The summed E-state index contributed by atoms with van der Waals surface area (Å²) < 4.78 is 0. The Labute approximate surface area is 149 Å². The summed E-state index contributed by atoms with van der Waals surface area (Å²) in [7, 11) is -0.752. The molecule has 126 valence electrons. The molecule has 0 saturated carbocycles. The molecule has 3 rings (SSSR count). The van der Waals surface area contributed by atoms with Gasteiger partial charge in [0.2, 0.25) is 0 Å². The van der Waals surface area contributed by atoms with E-state index in [1.54, 1.807) is 11.1 Å². The monoisotopic (exact) mass is 334 g/mol. The van der Waals surface area contributed by atoms with E-state index in [0.29, 0.717) is 11.5 Å². The molecule has 1 aromatic rings. The number of rotatable bonds is 2. The smallest absolute Gasteiger partial charge is 0.0439 e. The second-order valence-electron chi connectivity index (χ2n) is 8.61. The van der Waals surface area contributed by atoms with Gasteiger partial charge < -0.3 is 0 Å². The van der Waals surface area contributed by atoms with Crippen LogP contribution in [0.1, 0.15) is 44.7 Å². The minimum atomic E-state index is -0.752. The molecule has 0 aromatic heterocycles. The van der Waals surface area contributed by atoms with Gasteiger partial charge in [-0.2, -0.15) is 0 Å². The zero-order chi connectivity index (χ0) is 17.5. The lowest BCUT2D eigenvalue weighted by Gasteiger charge is -2.22. The van der Waals surface area contributed by atoms with E-state index < -0.39 is 8.80 Å². The van der Waals surface area contributed by atoms with Crippen LogP contribution in [0.2, 0.25) is 18.6 Å². The van der Waals surface area contributed by atoms with Crippen molar-refractivity contribution < 1.29 is 0 Å². The van der Waals surface area contributed by atoms with Crippen LogP contribution < -0.4 is 0 Å². The van der Waals surface area contributed by atoms with Gasteiger partial charge in [0, 0.05) is 14.7 Å². The lowest BCUT2D eigenvalue weighted by Crippen LogP contribution is -2.13. The van der Waals surface area contributed by atoms with Gasteiger partial charge in [0.1, 0.15) is 0 Å². The van der Waals surface area contributed by atoms with Crippen molar-refractivity contribution in [1.29, 1.82) is 0 Å². The lowest BCUT2D eigenvalue weighted by atomic mass is 9.84. The standard InChI is InChI=1S/C23H30Si/c1-16-15-21-19(9-7-8-10-20(21)22(16)24(5)6)17-11-13-18(14-12-17)23(2,3)4/h7-15,19,22,24H,1-6H3. The first-order chi connectivity index (χ1) is 11.3. The molecular weight excluding hydrogens is 304 g/mol. The van der Waals surface area contributed by atoms with E-state index in [9.17, 15) is 0 Å². The molecule has 0 radical (unpaired) electrons. The van der Waals surface area contributed by atoms with Crippen LogP contribution in [-0.4, -0.2) is 8.80 Å². The third kappa shape index (κ3) is 3.15. The molecular formula is C23H30Si. The zero-order valence-electron chi connectivity index (χ0n) is 15.9. The molecule has 24 heavy (non-hydrogen) atoms. The quantitative estimate of drug-likeness (QED) is 0.556. The third-order valence-corrected chi connectivity index (χ3v) is 7.59. The van der Waals surface area contributed by atoms with Crippen LogP contribution in [0.25, 0.3) is 0 Å². The van der Waals surface area contributed by atoms with Crippen molar-refractivity contribution in [2.45, 2.75) is 57.7 Å². The van der Waals surface area contributed by atoms with E-state index in [0.717, 1.165) is 0 Å². The highest BCUT2D eigenvalue weighted by Crippen LogP contribution is 2.46. The molecule has 2 unspecified atom stereocenters. The Morgan fingerprint density at radius 1 is 0.917 bits per heavy atom. The summed E-state index contributed by atoms with van der Waals surface area (Å²) in [6.07, 6.45) is 11.6. The lowest BCUT2D eigenvalue weighted by molar-refractivity contribution is 0.590. The molecule has 0 nitrogen and oxygen atoms in total. The Morgan fingerprint density at radius 3 is 2.17 bits per heavy atom. The zero-order valence-corrected chi connectivity index (χ0v) is 17.1. The van der Waals surface area contributed by atoms with Gasteiger partial charge in [0.05, 0.1) is 0 Å². The molecule has 0 saturated heterocycles. The number of hydrogen-bond donors (Lipinski definition) is 0. The molecule has 0 amide bonds. The number of allylic oxidation sites excluding steroid dienone is 8. The first-order valence-electron chi connectivity index (χ1n) is 9.16. The fraction of sp³-hybridized carbons (Fsp3) is 0.391. The van der Waals surface area contributed by atoms with Crippen LogP contribution >= 0.6 is 0 Å². The minimum absolute atomic E-state index is 0.210. The molecule has 0 N–H and O–H groups in total. The maximum absolute atomic E-state index is 2.47. The van der Waals surface area contributed by atoms with Gasteiger partial charge in [-0.3, -0.25) is 0 Å². The predicted molar refractivity (Wildman–Crippen MR) is 110 cm³/mol. The van der Waals surface area contributed by atoms with Gasteiger partial charge in [-0.1, -0.05) is 94.1 Å². The summed E-state index contributed by atoms with van der Waals surface area (Å²) in [5, 5.41) is 0. The Kier molecular flexibility index (Phi) is 4.57. The largest absolute Gasteiger partial charge is 0.0726 e. The van der Waals surface area contributed by atoms with Gasteiger partial charge in [-0.15, -0.1) is 0 Å². The fourth-order valence-electron chi connectivity index (χ4n) is 4.12. The van der Waals surface area contributed by atoms with Crippen molar-refractivity contribution in [3.8, 4) is 0 Å². The molecule has 0 heterocycles. The van der Waals surface area contributed by atoms with Crippen molar-refractivity contribution in [3.05, 3.63) is 82.5 Å². The Hall–Kier alpha value is -1.60. The highest BCUT2D eigenvalue weighted by Gasteiger charge is 2.30. The van der Waals surface area contributed by atoms with E-state index in [-0.39, 0.29) is 5.41 Å². The molecule has 0 aliphatic heterocycles.